The molecule has 0 unspecified atom stereocenters. The van der Waals surface area contributed by atoms with Gasteiger partial charge in [0.05, 0.1) is 77.8 Å². The van der Waals surface area contributed by atoms with E-state index in [0.717, 1.165) is 154 Å². The second-order valence-corrected chi connectivity index (χ2v) is 18.5. The molecule has 0 N–H and O–H groups in total. The number of carbonyl (C=O) groups is 7. The number of nitrogens with zero attached hydrogens (tertiary/aromatic N) is 3. The predicted octanol–water partition coefficient (Wildman–Crippen LogP) is 7.00. The summed E-state index contributed by atoms with van der Waals surface area (Å²) in [7, 11) is 0. The predicted molar refractivity (Wildman–Crippen MR) is 280 cm³/mol. The quantitative estimate of drug-likeness (QED) is 0.0199. The Morgan fingerprint density at radius 2 is 0.616 bits per heavy atom. The second kappa shape index (κ2) is 50.7. The van der Waals surface area contributed by atoms with Crippen molar-refractivity contribution in [2.45, 2.75) is 207 Å². The van der Waals surface area contributed by atoms with Crippen molar-refractivity contribution >= 4 is 41.9 Å². The van der Waals surface area contributed by atoms with Crippen molar-refractivity contribution in [1.82, 2.24) is 14.7 Å². The smallest absolute Gasteiger partial charge is 0.483 e. The molecule has 0 aliphatic carbocycles. The van der Waals surface area contributed by atoms with Gasteiger partial charge in [0.15, 0.2) is 0 Å². The van der Waals surface area contributed by atoms with E-state index in [9.17, 15) is 33.6 Å². The van der Waals surface area contributed by atoms with Gasteiger partial charge in [0.2, 0.25) is 0 Å². The van der Waals surface area contributed by atoms with E-state index in [1.54, 1.807) is 0 Å². The number of likely N-dealkylation sites (tertiary alicyclic amines) is 1. The van der Waals surface area contributed by atoms with Gasteiger partial charge in [-0.2, -0.15) is 0 Å². The van der Waals surface area contributed by atoms with Gasteiger partial charge in [0.25, 0.3) is 0 Å². The van der Waals surface area contributed by atoms with Gasteiger partial charge in [0.1, 0.15) is 13.2 Å². The first-order chi connectivity index (χ1) is 34.0. The van der Waals surface area contributed by atoms with E-state index in [0.29, 0.717) is 12.8 Å². The van der Waals surface area contributed by atoms with Crippen LogP contribution in [0.25, 0.3) is 0 Å². The topological polar surface area (TPSA) is 194 Å². The summed E-state index contributed by atoms with van der Waals surface area (Å²) >= 11 is 0. The summed E-state index contributed by atoms with van der Waals surface area (Å²) in [5.41, 5.74) is 0. The van der Waals surface area contributed by atoms with Gasteiger partial charge in [-0.3, -0.25) is 43.5 Å². The first kappa shape index (κ1) is 73.9. The van der Waals surface area contributed by atoms with E-state index in [1.165, 1.54) is 14.7 Å². The molecular weight excluding hydrogens is 934 g/mol. The van der Waals surface area contributed by atoms with Gasteiger partial charge in [-0.15, -0.1) is 0 Å². The molecule has 1 heterocycles. The van der Waals surface area contributed by atoms with Crippen LogP contribution in [-0.4, -0.2) is 154 Å². The SMILES string of the molecule is [CH2-]COC(=O)N1[C@@H](COC(=O)CN(CC(=O)OCCCCCCCC)CC(=O)OCCCCCCCC)CC[C@H]1COC(=O)CN(CC(=O)OCCCCCCCC)CC(=O)OCCCCCCCC.[CH3-].[CH3-].[Li+]. The van der Waals surface area contributed by atoms with Crippen LogP contribution < -0.4 is 18.9 Å². The van der Waals surface area contributed by atoms with Crippen LogP contribution in [-0.2, 0) is 61.9 Å². The summed E-state index contributed by atoms with van der Waals surface area (Å²) in [4.78, 5) is 95.2. The third kappa shape index (κ3) is 40.6. The van der Waals surface area contributed by atoms with Crippen molar-refractivity contribution in [2.24, 2.45) is 0 Å². The number of ether oxygens (including phenoxy) is 7. The maximum absolute atomic E-state index is 13.3. The molecule has 0 spiro atoms. The summed E-state index contributed by atoms with van der Waals surface area (Å²) < 4.78 is 38.2. The van der Waals surface area contributed by atoms with Crippen LogP contribution in [0.15, 0.2) is 0 Å². The molecule has 73 heavy (non-hydrogen) atoms. The van der Waals surface area contributed by atoms with Crippen molar-refractivity contribution in [3.05, 3.63) is 21.8 Å². The van der Waals surface area contributed by atoms with E-state index < -0.39 is 67.1 Å². The van der Waals surface area contributed by atoms with Gasteiger partial charge < -0.3 is 54.9 Å². The van der Waals surface area contributed by atoms with Crippen LogP contribution in [0.2, 0.25) is 0 Å². The first-order valence-electron chi connectivity index (χ1n) is 27.1. The van der Waals surface area contributed by atoms with Crippen molar-refractivity contribution in [3.63, 3.8) is 0 Å². The molecule has 1 rings (SSSR count). The number of hydrogen-bond acceptors (Lipinski definition) is 16. The first-order valence-corrected chi connectivity index (χ1v) is 27.1. The van der Waals surface area contributed by atoms with Crippen LogP contribution >= 0.6 is 0 Å². The van der Waals surface area contributed by atoms with Gasteiger partial charge in [0, 0.05) is 0 Å². The van der Waals surface area contributed by atoms with Crippen molar-refractivity contribution < 1.29 is 85.6 Å². The Morgan fingerprint density at radius 1 is 0.384 bits per heavy atom. The zero-order valence-electron chi connectivity index (χ0n) is 47.0. The zero-order chi connectivity index (χ0) is 51.5. The molecule has 1 saturated heterocycles. The average Bonchev–Trinajstić information content (AvgIpc) is 3.74. The summed E-state index contributed by atoms with van der Waals surface area (Å²) in [6.45, 7) is 10.4. The minimum atomic E-state index is -0.736. The van der Waals surface area contributed by atoms with E-state index in [2.05, 4.69) is 34.6 Å². The molecule has 422 valence electrons. The van der Waals surface area contributed by atoms with Gasteiger partial charge in [-0.25, -0.2) is 4.79 Å². The maximum atomic E-state index is 13.3. The summed E-state index contributed by atoms with van der Waals surface area (Å²) in [5.74, 6) is -3.76. The number of esters is 6. The monoisotopic (exact) mass is 1030 g/mol. The molecule has 0 aromatic rings. The fraction of sp³-hybridized carbons (Fsp3) is 0.818. The van der Waals surface area contributed by atoms with Crippen molar-refractivity contribution in [3.8, 4) is 0 Å². The molecule has 0 saturated carbocycles. The third-order valence-electron chi connectivity index (χ3n) is 12.1. The van der Waals surface area contributed by atoms with Crippen LogP contribution in [0.5, 0.6) is 0 Å². The van der Waals surface area contributed by atoms with Gasteiger partial charge >= 0.3 is 60.8 Å². The number of unbranched alkanes of at least 4 members (excludes halogenated alkanes) is 20. The molecule has 0 radical (unpaired) electrons. The molecule has 0 aromatic carbocycles. The Labute approximate surface area is 454 Å². The average molecular weight is 1030 g/mol. The number of hydrogen-bond donors (Lipinski definition) is 0. The van der Waals surface area contributed by atoms with Crippen LogP contribution in [0.4, 0.5) is 4.79 Å². The fourth-order valence-corrected chi connectivity index (χ4v) is 8.10. The molecule has 18 heteroatoms. The molecule has 17 nitrogen and oxygen atoms in total. The molecule has 0 bridgehead atoms. The molecule has 1 aliphatic heterocycles. The van der Waals surface area contributed by atoms with E-state index in [1.807, 2.05) is 0 Å². The largest absolute Gasteiger partial charge is 1.00 e. The van der Waals surface area contributed by atoms with Crippen LogP contribution in [0.1, 0.15) is 195 Å². The third-order valence-corrected chi connectivity index (χ3v) is 12.1. The second-order valence-electron chi connectivity index (χ2n) is 18.5. The van der Waals surface area contributed by atoms with Crippen molar-refractivity contribution in [2.75, 3.05) is 85.5 Å². The Hall–Kier alpha value is -3.39. The summed E-state index contributed by atoms with van der Waals surface area (Å²) in [6, 6.07) is -1.30. The van der Waals surface area contributed by atoms with Crippen molar-refractivity contribution in [1.29, 1.82) is 0 Å². The Balaban J connectivity index is -0.0000163. The summed E-state index contributed by atoms with van der Waals surface area (Å²) in [5, 5.41) is 0. The molecular formula is C55H100LiN3O14-2. The van der Waals surface area contributed by atoms with Crippen LogP contribution in [0, 0.1) is 21.8 Å². The van der Waals surface area contributed by atoms with Gasteiger partial charge in [-0.05, 0) is 45.1 Å². The molecule has 2 atom stereocenters. The minimum absolute atomic E-state index is 0. The number of amides is 1. The molecule has 1 fully saturated rings. The van der Waals surface area contributed by atoms with E-state index in [4.69, 9.17) is 33.2 Å². The normalized spacial score (nSPS) is 13.8. The number of rotatable bonds is 45. The number of carbonyl (C=O) groups excluding carboxylic acids is 7. The standard InChI is InChI=1S/C53H94N3O14.2CH3.Li/c1-6-11-15-19-23-27-33-65-47(57)37-54(38-48(58)66-34-28-24-20-16-12-7-2)41-51(61)69-43-45-31-32-46(56(45)53(63)64-10-5)44-70-52(62)42-55(39-49(59)67-35-29-25-21-17-13-8-3)40-50(60)68-36-30-26-22-18-14-9-4;;;/h45-46H,5-44H2,1-4H3;2*1H3;/q3*-1;+1/t45-,46+;;;. The maximum Gasteiger partial charge on any atom is 1.00 e. The zero-order valence-corrected chi connectivity index (χ0v) is 47.0. The van der Waals surface area contributed by atoms with Crippen LogP contribution in [0.3, 0.4) is 0 Å². The fourth-order valence-electron chi connectivity index (χ4n) is 8.10. The molecule has 0 aromatic heterocycles. The van der Waals surface area contributed by atoms with E-state index >= 15 is 0 Å². The Morgan fingerprint density at radius 3 is 0.863 bits per heavy atom. The Kier molecular flexibility index (Phi) is 51.3. The Bertz CT molecular complexity index is 1270. The van der Waals surface area contributed by atoms with E-state index in [-0.39, 0.29) is 106 Å². The summed E-state index contributed by atoms with van der Waals surface area (Å²) in [6.07, 6.45) is 24.6. The molecule has 1 aliphatic rings. The van der Waals surface area contributed by atoms with Gasteiger partial charge in [-0.1, -0.05) is 156 Å². The minimum Gasteiger partial charge on any atom is -0.483 e. The molecule has 1 amide bonds.